The van der Waals surface area contributed by atoms with Crippen LogP contribution in [0.5, 0.6) is 5.75 Å². The van der Waals surface area contributed by atoms with Crippen LogP contribution in [-0.4, -0.2) is 62.6 Å². The standard InChI is InChI=1S/C20H23N5O3S/c1-14-17(7-12-28-14)19-21-22-20(23(19)2)29-13-18(27)25-10-8-24(9-11-25)15-3-5-16(26)6-4-15/h3-7,12,26H,8-11,13H2,1-2H3. The maximum absolute atomic E-state index is 12.6. The number of nitrogens with zero attached hydrogens (tertiary/aromatic N) is 5. The van der Waals surface area contributed by atoms with Crippen molar-refractivity contribution in [1.29, 1.82) is 0 Å². The SMILES string of the molecule is Cc1occc1-c1nnc(SCC(=O)N2CCN(c3ccc(O)cc3)CC2)n1C. The van der Waals surface area contributed by atoms with E-state index in [2.05, 4.69) is 15.1 Å². The first kappa shape index (κ1) is 19.4. The number of benzene rings is 1. The number of carbonyl (C=O) groups is 1. The summed E-state index contributed by atoms with van der Waals surface area (Å²) in [5.41, 5.74) is 1.97. The largest absolute Gasteiger partial charge is 0.508 e. The van der Waals surface area contributed by atoms with E-state index in [0.29, 0.717) is 24.0 Å². The Morgan fingerprint density at radius 2 is 1.86 bits per heavy atom. The van der Waals surface area contributed by atoms with Gasteiger partial charge in [0, 0.05) is 38.9 Å². The monoisotopic (exact) mass is 413 g/mol. The molecule has 0 spiro atoms. The van der Waals surface area contributed by atoms with Crippen LogP contribution in [0.4, 0.5) is 5.69 Å². The highest BCUT2D eigenvalue weighted by molar-refractivity contribution is 7.99. The van der Waals surface area contributed by atoms with Crippen molar-refractivity contribution in [2.45, 2.75) is 12.1 Å². The highest BCUT2D eigenvalue weighted by Crippen LogP contribution is 2.26. The molecule has 29 heavy (non-hydrogen) atoms. The van der Waals surface area contributed by atoms with Gasteiger partial charge < -0.3 is 23.9 Å². The number of aromatic hydroxyl groups is 1. The van der Waals surface area contributed by atoms with Crippen LogP contribution in [0.2, 0.25) is 0 Å². The number of amides is 1. The first-order valence-electron chi connectivity index (χ1n) is 9.41. The molecule has 8 nitrogen and oxygen atoms in total. The van der Waals surface area contributed by atoms with E-state index in [1.807, 2.05) is 41.6 Å². The maximum atomic E-state index is 12.6. The van der Waals surface area contributed by atoms with Crippen LogP contribution >= 0.6 is 11.8 Å². The van der Waals surface area contributed by atoms with Gasteiger partial charge in [-0.15, -0.1) is 10.2 Å². The minimum Gasteiger partial charge on any atom is -0.508 e. The molecule has 9 heteroatoms. The third-order valence-electron chi connectivity index (χ3n) is 5.11. The number of phenols is 1. The number of aryl methyl sites for hydroxylation is 1. The van der Waals surface area contributed by atoms with Crippen molar-refractivity contribution in [3.8, 4) is 17.1 Å². The van der Waals surface area contributed by atoms with Crippen LogP contribution in [0.15, 0.2) is 46.2 Å². The van der Waals surface area contributed by atoms with Crippen molar-refractivity contribution >= 4 is 23.4 Å². The molecule has 0 saturated carbocycles. The molecule has 0 aliphatic carbocycles. The van der Waals surface area contributed by atoms with E-state index in [1.54, 1.807) is 18.4 Å². The van der Waals surface area contributed by atoms with E-state index >= 15 is 0 Å². The summed E-state index contributed by atoms with van der Waals surface area (Å²) in [7, 11) is 1.89. The topological polar surface area (TPSA) is 87.6 Å². The van der Waals surface area contributed by atoms with Crippen LogP contribution in [0.25, 0.3) is 11.4 Å². The molecule has 1 amide bonds. The lowest BCUT2D eigenvalue weighted by atomic mass is 10.2. The summed E-state index contributed by atoms with van der Waals surface area (Å²) in [5.74, 6) is 2.21. The third kappa shape index (κ3) is 4.09. The fourth-order valence-corrected chi connectivity index (χ4v) is 4.20. The summed E-state index contributed by atoms with van der Waals surface area (Å²) in [6.07, 6.45) is 1.63. The second-order valence-electron chi connectivity index (χ2n) is 6.93. The van der Waals surface area contributed by atoms with Gasteiger partial charge in [-0.05, 0) is 37.3 Å². The molecule has 4 rings (SSSR count). The number of thioether (sulfide) groups is 1. The molecular weight excluding hydrogens is 390 g/mol. The van der Waals surface area contributed by atoms with Crippen LogP contribution in [0.1, 0.15) is 5.76 Å². The molecule has 1 aliphatic heterocycles. The van der Waals surface area contributed by atoms with Crippen molar-refractivity contribution in [1.82, 2.24) is 19.7 Å². The Morgan fingerprint density at radius 1 is 1.14 bits per heavy atom. The number of rotatable bonds is 5. The van der Waals surface area contributed by atoms with Crippen molar-refractivity contribution in [2.24, 2.45) is 7.05 Å². The quantitative estimate of drug-likeness (QED) is 0.643. The predicted octanol–water partition coefficient (Wildman–Crippen LogP) is 2.53. The lowest BCUT2D eigenvalue weighted by molar-refractivity contribution is -0.128. The minimum atomic E-state index is 0.101. The molecule has 152 valence electrons. The summed E-state index contributed by atoms with van der Waals surface area (Å²) in [6, 6.07) is 9.03. The first-order valence-corrected chi connectivity index (χ1v) is 10.4. The molecule has 0 unspecified atom stereocenters. The summed E-state index contributed by atoms with van der Waals surface area (Å²) in [5, 5.41) is 18.6. The highest BCUT2D eigenvalue weighted by Gasteiger charge is 2.22. The second-order valence-corrected chi connectivity index (χ2v) is 7.87. The van der Waals surface area contributed by atoms with Gasteiger partial charge in [0.2, 0.25) is 5.91 Å². The molecule has 1 aliphatic rings. The number of hydrogen-bond donors (Lipinski definition) is 1. The number of phenolic OH excluding ortho intramolecular Hbond substituents is 1. The number of carbonyl (C=O) groups excluding carboxylic acids is 1. The van der Waals surface area contributed by atoms with E-state index in [9.17, 15) is 9.90 Å². The van der Waals surface area contributed by atoms with Gasteiger partial charge in [0.15, 0.2) is 11.0 Å². The van der Waals surface area contributed by atoms with E-state index in [4.69, 9.17) is 4.42 Å². The zero-order valence-corrected chi connectivity index (χ0v) is 17.2. The number of furan rings is 1. The van der Waals surface area contributed by atoms with Gasteiger partial charge in [0.25, 0.3) is 0 Å². The molecule has 0 bridgehead atoms. The molecule has 2 aromatic heterocycles. The molecule has 1 saturated heterocycles. The third-order valence-corrected chi connectivity index (χ3v) is 6.11. The van der Waals surface area contributed by atoms with Crippen LogP contribution in [-0.2, 0) is 11.8 Å². The normalized spacial score (nSPS) is 14.4. The Bertz CT molecular complexity index is 990. The molecule has 3 heterocycles. The molecule has 0 radical (unpaired) electrons. The fraction of sp³-hybridized carbons (Fsp3) is 0.350. The van der Waals surface area contributed by atoms with E-state index in [-0.39, 0.29) is 11.7 Å². The Labute approximate surface area is 173 Å². The Balaban J connectivity index is 1.31. The smallest absolute Gasteiger partial charge is 0.233 e. The van der Waals surface area contributed by atoms with E-state index in [1.165, 1.54) is 11.8 Å². The van der Waals surface area contributed by atoms with Gasteiger partial charge in [-0.1, -0.05) is 11.8 Å². The minimum absolute atomic E-state index is 0.101. The molecule has 1 fully saturated rings. The Hall–Kier alpha value is -2.94. The van der Waals surface area contributed by atoms with Gasteiger partial charge in [0.05, 0.1) is 17.6 Å². The Morgan fingerprint density at radius 3 is 2.52 bits per heavy atom. The fourth-order valence-electron chi connectivity index (χ4n) is 3.39. The van der Waals surface area contributed by atoms with Crippen LogP contribution < -0.4 is 4.90 Å². The lowest BCUT2D eigenvalue weighted by Gasteiger charge is -2.36. The van der Waals surface area contributed by atoms with Crippen molar-refractivity contribution in [3.05, 3.63) is 42.4 Å². The summed E-state index contributed by atoms with van der Waals surface area (Å²) < 4.78 is 7.23. The maximum Gasteiger partial charge on any atom is 0.233 e. The van der Waals surface area contributed by atoms with Gasteiger partial charge in [0.1, 0.15) is 11.5 Å². The zero-order chi connectivity index (χ0) is 20.4. The van der Waals surface area contributed by atoms with Crippen LogP contribution in [0.3, 0.4) is 0 Å². The molecule has 1 N–H and O–H groups in total. The average molecular weight is 414 g/mol. The number of piperazine rings is 1. The zero-order valence-electron chi connectivity index (χ0n) is 16.4. The Kier molecular flexibility index (Phi) is 5.48. The van der Waals surface area contributed by atoms with E-state index in [0.717, 1.165) is 35.9 Å². The van der Waals surface area contributed by atoms with E-state index < -0.39 is 0 Å². The van der Waals surface area contributed by atoms with Gasteiger partial charge in [-0.25, -0.2) is 0 Å². The van der Waals surface area contributed by atoms with Crippen molar-refractivity contribution in [3.63, 3.8) is 0 Å². The molecule has 0 atom stereocenters. The summed E-state index contributed by atoms with van der Waals surface area (Å²) >= 11 is 1.40. The summed E-state index contributed by atoms with van der Waals surface area (Å²) in [4.78, 5) is 16.8. The predicted molar refractivity (Wildman–Crippen MR) is 111 cm³/mol. The van der Waals surface area contributed by atoms with Crippen LogP contribution in [0, 0.1) is 6.92 Å². The summed E-state index contributed by atoms with van der Waals surface area (Å²) in [6.45, 7) is 4.79. The average Bonchev–Trinajstić information content (AvgIpc) is 3.32. The van der Waals surface area contributed by atoms with Crippen molar-refractivity contribution < 1.29 is 14.3 Å². The molecule has 1 aromatic carbocycles. The van der Waals surface area contributed by atoms with Crippen molar-refractivity contribution in [2.75, 3.05) is 36.8 Å². The first-order chi connectivity index (χ1) is 14.0. The van der Waals surface area contributed by atoms with Gasteiger partial charge in [-0.3, -0.25) is 4.79 Å². The van der Waals surface area contributed by atoms with Gasteiger partial charge in [-0.2, -0.15) is 0 Å². The number of anilines is 1. The number of aromatic nitrogens is 3. The van der Waals surface area contributed by atoms with Gasteiger partial charge >= 0.3 is 0 Å². The molecule has 3 aromatic rings. The molecular formula is C20H23N5O3S. The highest BCUT2D eigenvalue weighted by atomic mass is 32.2. The lowest BCUT2D eigenvalue weighted by Crippen LogP contribution is -2.49. The second kappa shape index (κ2) is 8.20. The number of hydrogen-bond acceptors (Lipinski definition) is 7.